The summed E-state index contributed by atoms with van der Waals surface area (Å²) in [4.78, 5) is 20.3. The van der Waals surface area contributed by atoms with Gasteiger partial charge in [-0.3, -0.25) is 4.79 Å². The van der Waals surface area contributed by atoms with Gasteiger partial charge in [-0.2, -0.15) is 4.98 Å². The summed E-state index contributed by atoms with van der Waals surface area (Å²) in [5.74, 6) is 1.84. The molecule has 0 amide bonds. The molecule has 1 aliphatic heterocycles. The third-order valence-corrected chi connectivity index (χ3v) is 6.64. The summed E-state index contributed by atoms with van der Waals surface area (Å²) in [5, 5.41) is 8.94. The number of ketones is 1. The molecule has 2 heterocycles. The van der Waals surface area contributed by atoms with Gasteiger partial charge in [0.25, 0.3) is 0 Å². The number of hydrogen-bond acceptors (Lipinski definition) is 6. The fourth-order valence-corrected chi connectivity index (χ4v) is 5.10. The van der Waals surface area contributed by atoms with Crippen molar-refractivity contribution >= 4 is 29.2 Å². The smallest absolute Gasteiger partial charge is 0.227 e. The van der Waals surface area contributed by atoms with E-state index < -0.39 is 0 Å². The first-order chi connectivity index (χ1) is 14.4. The minimum absolute atomic E-state index is 0.0523. The first-order valence-electron chi connectivity index (χ1n) is 10.8. The van der Waals surface area contributed by atoms with Crippen LogP contribution in [0, 0.1) is 5.41 Å². The van der Waals surface area contributed by atoms with Crippen molar-refractivity contribution < 1.29 is 4.79 Å². The highest BCUT2D eigenvalue weighted by Gasteiger charge is 2.41. The molecule has 4 rings (SSSR count). The number of allylic oxidation sites excluding steroid dienone is 2. The van der Waals surface area contributed by atoms with Crippen molar-refractivity contribution in [1.82, 2.24) is 14.8 Å². The molecule has 0 saturated carbocycles. The SMILES string of the molecule is CCSc1nc2n(n1)C(c1ccc(N(CC)CC)cc1)C1=C(CC(C)(C)CC1=O)N2. The molecular formula is C23H31N5OS. The number of carbonyl (C=O) groups is 1. The summed E-state index contributed by atoms with van der Waals surface area (Å²) >= 11 is 1.62. The Hall–Kier alpha value is -2.28. The maximum Gasteiger partial charge on any atom is 0.227 e. The third kappa shape index (κ3) is 3.75. The van der Waals surface area contributed by atoms with Crippen LogP contribution in [0.1, 0.15) is 59.1 Å². The minimum Gasteiger partial charge on any atom is -0.372 e. The molecule has 6 nitrogen and oxygen atoms in total. The Balaban J connectivity index is 1.80. The summed E-state index contributed by atoms with van der Waals surface area (Å²) in [7, 11) is 0. The summed E-state index contributed by atoms with van der Waals surface area (Å²) in [6, 6.07) is 8.35. The summed E-state index contributed by atoms with van der Waals surface area (Å²) in [5.41, 5.74) is 4.07. The van der Waals surface area contributed by atoms with Crippen molar-refractivity contribution in [2.75, 3.05) is 29.1 Å². The van der Waals surface area contributed by atoms with Crippen molar-refractivity contribution in [2.24, 2.45) is 5.41 Å². The second-order valence-electron chi connectivity index (χ2n) is 8.72. The number of aromatic nitrogens is 3. The highest BCUT2D eigenvalue weighted by Crippen LogP contribution is 2.45. The number of anilines is 2. The summed E-state index contributed by atoms with van der Waals surface area (Å²) < 4.78 is 1.90. The van der Waals surface area contributed by atoms with Crippen molar-refractivity contribution in [2.45, 2.75) is 58.7 Å². The Kier molecular flexibility index (Phi) is 5.66. The van der Waals surface area contributed by atoms with Crippen LogP contribution >= 0.6 is 11.8 Å². The van der Waals surface area contributed by atoms with Gasteiger partial charge < -0.3 is 10.2 Å². The van der Waals surface area contributed by atoms with E-state index >= 15 is 0 Å². The molecule has 1 aliphatic carbocycles. The average Bonchev–Trinajstić information content (AvgIpc) is 3.09. The van der Waals surface area contributed by atoms with Crippen LogP contribution in [-0.4, -0.2) is 39.4 Å². The van der Waals surface area contributed by atoms with E-state index in [2.05, 4.69) is 69.1 Å². The highest BCUT2D eigenvalue weighted by molar-refractivity contribution is 7.99. The maximum atomic E-state index is 13.3. The van der Waals surface area contributed by atoms with E-state index in [4.69, 9.17) is 10.1 Å². The lowest BCUT2D eigenvalue weighted by molar-refractivity contribution is -0.118. The van der Waals surface area contributed by atoms with Crippen molar-refractivity contribution in [3.63, 3.8) is 0 Å². The Morgan fingerprint density at radius 3 is 2.50 bits per heavy atom. The topological polar surface area (TPSA) is 63.1 Å². The third-order valence-electron chi connectivity index (χ3n) is 5.92. The summed E-state index contributed by atoms with van der Waals surface area (Å²) in [6.07, 6.45) is 1.40. The van der Waals surface area contributed by atoms with Crippen molar-refractivity contribution in [1.29, 1.82) is 0 Å². The number of Topliss-reactive ketones (excluding diaryl/α,β-unsaturated/α-hetero) is 1. The van der Waals surface area contributed by atoms with Gasteiger partial charge in [0, 0.05) is 36.5 Å². The number of rotatable bonds is 6. The van der Waals surface area contributed by atoms with Gasteiger partial charge in [-0.15, -0.1) is 5.10 Å². The van der Waals surface area contributed by atoms with Crippen LogP contribution in [0.25, 0.3) is 0 Å². The van der Waals surface area contributed by atoms with Crippen LogP contribution in [0.4, 0.5) is 11.6 Å². The van der Waals surface area contributed by atoms with Crippen LogP contribution in [0.2, 0.25) is 0 Å². The molecule has 1 N–H and O–H groups in total. The molecule has 1 atom stereocenters. The molecule has 2 aromatic rings. The molecule has 0 fully saturated rings. The first-order valence-corrected chi connectivity index (χ1v) is 11.8. The average molecular weight is 426 g/mol. The number of hydrogen-bond donors (Lipinski definition) is 1. The standard InChI is InChI=1S/C23H31N5OS/c1-6-27(7-2)16-11-9-15(10-12-16)20-19-17(13-23(4,5)14-18(19)29)24-21-25-22(30-8-3)26-28(20)21/h9-12,20H,6-8,13-14H2,1-5H3,(H,24,25,26). The Labute approximate surface area is 183 Å². The summed E-state index contributed by atoms with van der Waals surface area (Å²) in [6.45, 7) is 12.7. The Morgan fingerprint density at radius 1 is 1.17 bits per heavy atom. The van der Waals surface area contributed by atoms with E-state index in [1.54, 1.807) is 11.8 Å². The van der Waals surface area contributed by atoms with Crippen molar-refractivity contribution in [3.8, 4) is 0 Å². The second-order valence-corrected chi connectivity index (χ2v) is 9.95. The molecule has 0 spiro atoms. The quantitative estimate of drug-likeness (QED) is 0.665. The molecule has 1 aromatic heterocycles. The lowest BCUT2D eigenvalue weighted by Crippen LogP contribution is -2.36. The fraction of sp³-hybridized carbons (Fsp3) is 0.522. The zero-order valence-corrected chi connectivity index (χ0v) is 19.3. The number of benzene rings is 1. The molecule has 1 unspecified atom stereocenters. The number of nitrogens with zero attached hydrogens (tertiary/aromatic N) is 4. The molecule has 30 heavy (non-hydrogen) atoms. The molecule has 0 bridgehead atoms. The zero-order chi connectivity index (χ0) is 21.5. The largest absolute Gasteiger partial charge is 0.372 e. The zero-order valence-electron chi connectivity index (χ0n) is 18.5. The number of carbonyl (C=O) groups excluding carboxylic acids is 1. The predicted octanol–water partition coefficient (Wildman–Crippen LogP) is 4.89. The molecule has 1 aromatic carbocycles. The molecule has 2 aliphatic rings. The van der Waals surface area contributed by atoms with Gasteiger partial charge >= 0.3 is 0 Å². The monoisotopic (exact) mass is 425 g/mol. The van der Waals surface area contributed by atoms with E-state index in [1.165, 1.54) is 5.69 Å². The predicted molar refractivity (Wildman–Crippen MR) is 123 cm³/mol. The molecule has 0 radical (unpaired) electrons. The lowest BCUT2D eigenvalue weighted by Gasteiger charge is -2.38. The Morgan fingerprint density at radius 2 is 1.87 bits per heavy atom. The van der Waals surface area contributed by atoms with Gasteiger partial charge in [-0.25, -0.2) is 4.68 Å². The van der Waals surface area contributed by atoms with E-state index in [0.717, 1.165) is 53.2 Å². The number of fused-ring (bicyclic) bond motifs is 1. The molecule has 160 valence electrons. The van der Waals surface area contributed by atoms with Gasteiger partial charge in [-0.1, -0.05) is 44.7 Å². The fourth-order valence-electron chi connectivity index (χ4n) is 4.54. The molecule has 7 heteroatoms. The van der Waals surface area contributed by atoms with Crippen LogP contribution in [-0.2, 0) is 4.79 Å². The van der Waals surface area contributed by atoms with E-state index in [-0.39, 0.29) is 17.2 Å². The normalized spacial score (nSPS) is 19.9. The van der Waals surface area contributed by atoms with Gasteiger partial charge in [-0.05, 0) is 49.1 Å². The second kappa shape index (κ2) is 8.10. The van der Waals surface area contributed by atoms with Crippen LogP contribution in [0.3, 0.4) is 0 Å². The Bertz CT molecular complexity index is 972. The lowest BCUT2D eigenvalue weighted by atomic mass is 9.73. The number of thioether (sulfide) groups is 1. The molecule has 0 saturated heterocycles. The van der Waals surface area contributed by atoms with Gasteiger partial charge in [0.2, 0.25) is 11.1 Å². The van der Waals surface area contributed by atoms with Crippen LogP contribution < -0.4 is 10.2 Å². The van der Waals surface area contributed by atoms with E-state index in [9.17, 15) is 4.79 Å². The van der Waals surface area contributed by atoms with Crippen molar-refractivity contribution in [3.05, 3.63) is 41.1 Å². The van der Waals surface area contributed by atoms with E-state index in [1.807, 2.05) is 4.68 Å². The molecular weight excluding hydrogens is 394 g/mol. The van der Waals surface area contributed by atoms with Crippen LogP contribution in [0.15, 0.2) is 40.7 Å². The maximum absolute atomic E-state index is 13.3. The van der Waals surface area contributed by atoms with Gasteiger partial charge in [0.05, 0.1) is 0 Å². The minimum atomic E-state index is -0.232. The van der Waals surface area contributed by atoms with Crippen LogP contribution in [0.5, 0.6) is 0 Å². The van der Waals surface area contributed by atoms with Gasteiger partial charge in [0.15, 0.2) is 5.78 Å². The first kappa shape index (κ1) is 21.0. The van der Waals surface area contributed by atoms with Gasteiger partial charge in [0.1, 0.15) is 6.04 Å². The highest BCUT2D eigenvalue weighted by atomic mass is 32.2. The number of nitrogens with one attached hydrogen (secondary N) is 1. The van der Waals surface area contributed by atoms with E-state index in [0.29, 0.717) is 6.42 Å².